The number of thiol groups is 1. The molecule has 0 fully saturated rings. The minimum atomic E-state index is -3.74. The molecule has 0 spiro atoms. The lowest BCUT2D eigenvalue weighted by atomic mass is 10.0. The Morgan fingerprint density at radius 2 is 1.95 bits per heavy atom. The van der Waals surface area contributed by atoms with Crippen molar-refractivity contribution in [3.8, 4) is 0 Å². The van der Waals surface area contributed by atoms with E-state index < -0.39 is 10.1 Å². The van der Waals surface area contributed by atoms with Gasteiger partial charge in [-0.15, -0.1) is 6.58 Å². The number of benzene rings is 1. The van der Waals surface area contributed by atoms with Crippen molar-refractivity contribution in [2.24, 2.45) is 5.92 Å². The molecule has 1 aromatic carbocycles. The summed E-state index contributed by atoms with van der Waals surface area (Å²) in [7, 11) is -3.74. The molecule has 0 aliphatic rings. The molecule has 1 aromatic rings. The van der Waals surface area contributed by atoms with E-state index in [1.54, 1.807) is 18.2 Å². The van der Waals surface area contributed by atoms with Crippen molar-refractivity contribution in [2.45, 2.75) is 31.3 Å². The summed E-state index contributed by atoms with van der Waals surface area (Å²) in [6.07, 6.45) is 2.05. The molecule has 0 aliphatic carbocycles. The summed E-state index contributed by atoms with van der Waals surface area (Å²) < 4.78 is 34.1. The predicted octanol–water partition coefficient (Wildman–Crippen LogP) is 3.14. The molecular formula is C14H20O4S2. The van der Waals surface area contributed by atoms with Crippen LogP contribution < -0.4 is 0 Å². The smallest absolute Gasteiger partial charge is 0.296 e. The Balaban J connectivity index is 2.67. The second-order valence-corrected chi connectivity index (χ2v) is 6.52. The van der Waals surface area contributed by atoms with E-state index >= 15 is 0 Å². The van der Waals surface area contributed by atoms with Gasteiger partial charge in [-0.25, -0.2) is 0 Å². The molecule has 20 heavy (non-hydrogen) atoms. The molecule has 0 saturated carbocycles. The summed E-state index contributed by atoms with van der Waals surface area (Å²) >= 11 is 3.78. The maximum atomic E-state index is 12.0. The van der Waals surface area contributed by atoms with Gasteiger partial charge in [-0.1, -0.05) is 30.7 Å². The Bertz CT molecular complexity index is 523. The summed E-state index contributed by atoms with van der Waals surface area (Å²) in [6, 6.07) is 6.53. The average Bonchev–Trinajstić information content (AvgIpc) is 2.42. The third kappa shape index (κ3) is 4.94. The van der Waals surface area contributed by atoms with E-state index in [9.17, 15) is 8.42 Å². The van der Waals surface area contributed by atoms with Gasteiger partial charge in [0.2, 0.25) is 0 Å². The number of hydrogen-bond donors (Lipinski definition) is 1. The van der Waals surface area contributed by atoms with Gasteiger partial charge in [0, 0.05) is 5.92 Å². The molecule has 112 valence electrons. The molecule has 2 atom stereocenters. The largest absolute Gasteiger partial charge is 0.315 e. The molecule has 0 radical (unpaired) electrons. The highest BCUT2D eigenvalue weighted by atomic mass is 32.2. The van der Waals surface area contributed by atoms with Gasteiger partial charge in [-0.3, -0.25) is 4.18 Å². The zero-order valence-electron chi connectivity index (χ0n) is 11.7. The van der Waals surface area contributed by atoms with Crippen LogP contribution in [0.25, 0.3) is 0 Å². The molecule has 0 N–H and O–H groups in total. The van der Waals surface area contributed by atoms with Crippen LogP contribution in [0.5, 0.6) is 0 Å². The Kier molecular flexibility index (Phi) is 6.75. The highest BCUT2D eigenvalue weighted by Crippen LogP contribution is 2.18. The van der Waals surface area contributed by atoms with Gasteiger partial charge < -0.3 is 4.18 Å². The fraction of sp³-hybridized carbons (Fsp3) is 0.429. The van der Waals surface area contributed by atoms with E-state index in [2.05, 4.69) is 19.5 Å². The Morgan fingerprint density at radius 3 is 2.45 bits per heavy atom. The second-order valence-electron chi connectivity index (χ2n) is 4.70. The standard InChI is InChI=1S/C14H20O4S2/c1-4-5-14(18-19)12(3)10-17-20(15,16)13-8-6-11(2)7-9-13/h4,6-9,12,14,19H,1,5,10H2,2-3H3/t12-,14-/m0/s1. The van der Waals surface area contributed by atoms with Crippen LogP contribution in [0.4, 0.5) is 0 Å². The van der Waals surface area contributed by atoms with Crippen molar-refractivity contribution in [2.75, 3.05) is 6.61 Å². The van der Waals surface area contributed by atoms with Crippen molar-refractivity contribution in [1.82, 2.24) is 0 Å². The highest BCUT2D eigenvalue weighted by Gasteiger charge is 2.21. The van der Waals surface area contributed by atoms with Crippen molar-refractivity contribution in [1.29, 1.82) is 0 Å². The highest BCUT2D eigenvalue weighted by molar-refractivity contribution is 7.86. The van der Waals surface area contributed by atoms with Crippen LogP contribution in [0.3, 0.4) is 0 Å². The van der Waals surface area contributed by atoms with E-state index in [4.69, 9.17) is 8.37 Å². The lowest BCUT2D eigenvalue weighted by Gasteiger charge is -2.20. The first-order valence-electron chi connectivity index (χ1n) is 6.28. The van der Waals surface area contributed by atoms with E-state index in [0.29, 0.717) is 6.42 Å². The number of rotatable bonds is 8. The van der Waals surface area contributed by atoms with E-state index in [1.165, 1.54) is 12.1 Å². The summed E-state index contributed by atoms with van der Waals surface area (Å²) in [5.74, 6) is -0.120. The van der Waals surface area contributed by atoms with Crippen molar-refractivity contribution < 1.29 is 16.8 Å². The van der Waals surface area contributed by atoms with Crippen LogP contribution >= 0.6 is 12.9 Å². The van der Waals surface area contributed by atoms with Crippen LogP contribution in [0.1, 0.15) is 18.9 Å². The molecule has 4 nitrogen and oxygen atoms in total. The molecule has 1 rings (SSSR count). The Morgan fingerprint density at radius 1 is 1.35 bits per heavy atom. The van der Waals surface area contributed by atoms with Crippen LogP contribution in [0.2, 0.25) is 0 Å². The average molecular weight is 316 g/mol. The number of aryl methyl sites for hydroxylation is 1. The van der Waals surface area contributed by atoms with Crippen molar-refractivity contribution in [3.63, 3.8) is 0 Å². The third-order valence-electron chi connectivity index (χ3n) is 2.96. The molecule has 0 aliphatic heterocycles. The monoisotopic (exact) mass is 316 g/mol. The first-order valence-corrected chi connectivity index (χ1v) is 8.05. The molecular weight excluding hydrogens is 296 g/mol. The molecule has 0 saturated heterocycles. The molecule has 0 bridgehead atoms. The van der Waals surface area contributed by atoms with Gasteiger partial charge in [0.1, 0.15) is 0 Å². The van der Waals surface area contributed by atoms with Gasteiger partial charge in [-0.2, -0.15) is 8.42 Å². The van der Waals surface area contributed by atoms with Crippen LogP contribution in [-0.4, -0.2) is 21.1 Å². The minimum Gasteiger partial charge on any atom is -0.315 e. The van der Waals surface area contributed by atoms with E-state index in [-0.39, 0.29) is 23.5 Å². The first kappa shape index (κ1) is 17.2. The zero-order chi connectivity index (χ0) is 15.2. The van der Waals surface area contributed by atoms with Gasteiger partial charge in [0.05, 0.1) is 17.6 Å². The fourth-order valence-corrected chi connectivity index (χ4v) is 2.91. The first-order chi connectivity index (χ1) is 9.40. The molecule has 6 heteroatoms. The lowest BCUT2D eigenvalue weighted by molar-refractivity contribution is 0.132. The summed E-state index contributed by atoms with van der Waals surface area (Å²) in [4.78, 5) is 0.155. The molecule has 0 amide bonds. The lowest BCUT2D eigenvalue weighted by Crippen LogP contribution is -2.24. The summed E-state index contributed by atoms with van der Waals surface area (Å²) in [5, 5.41) is 0. The number of hydrogen-bond acceptors (Lipinski definition) is 5. The van der Waals surface area contributed by atoms with Gasteiger partial charge in [0.15, 0.2) is 0 Å². The van der Waals surface area contributed by atoms with Crippen molar-refractivity contribution >= 4 is 23.0 Å². The van der Waals surface area contributed by atoms with E-state index in [0.717, 1.165) is 5.56 Å². The predicted molar refractivity (Wildman–Crippen MR) is 82.2 cm³/mol. The SMILES string of the molecule is C=CC[C@H](OS)[C@@H](C)COS(=O)(=O)c1ccc(C)cc1. The topological polar surface area (TPSA) is 52.6 Å². The van der Waals surface area contributed by atoms with Gasteiger partial charge >= 0.3 is 0 Å². The summed E-state index contributed by atoms with van der Waals surface area (Å²) in [5.41, 5.74) is 0.992. The normalized spacial score (nSPS) is 14.8. The minimum absolute atomic E-state index is 0.0370. The van der Waals surface area contributed by atoms with Gasteiger partial charge in [0.25, 0.3) is 10.1 Å². The molecule has 0 heterocycles. The van der Waals surface area contributed by atoms with Crippen molar-refractivity contribution in [3.05, 3.63) is 42.5 Å². The Labute approximate surface area is 126 Å². The fourth-order valence-electron chi connectivity index (χ4n) is 1.62. The third-order valence-corrected chi connectivity index (χ3v) is 4.53. The quantitative estimate of drug-likeness (QED) is 0.346. The maximum absolute atomic E-state index is 12.0. The van der Waals surface area contributed by atoms with Crippen LogP contribution in [0.15, 0.2) is 41.8 Å². The van der Waals surface area contributed by atoms with Crippen LogP contribution in [0, 0.1) is 12.8 Å². The molecule has 0 aromatic heterocycles. The van der Waals surface area contributed by atoms with Crippen LogP contribution in [-0.2, 0) is 18.5 Å². The summed E-state index contributed by atoms with van der Waals surface area (Å²) in [6.45, 7) is 7.39. The maximum Gasteiger partial charge on any atom is 0.296 e. The second kappa shape index (κ2) is 7.83. The zero-order valence-corrected chi connectivity index (χ0v) is 13.4. The Hall–Kier alpha value is -0.820. The van der Waals surface area contributed by atoms with E-state index in [1.807, 2.05) is 13.8 Å². The molecule has 0 unspecified atom stereocenters. The van der Waals surface area contributed by atoms with Gasteiger partial charge in [-0.05, 0) is 38.4 Å².